The van der Waals surface area contributed by atoms with Crippen molar-refractivity contribution in [2.75, 3.05) is 32.7 Å². The second-order valence-electron chi connectivity index (χ2n) is 8.73. The molecule has 2 saturated heterocycles. The van der Waals surface area contributed by atoms with E-state index in [1.54, 1.807) is 0 Å². The first-order valence-corrected chi connectivity index (χ1v) is 10.8. The number of likely N-dealkylation sites (tertiary alicyclic amines) is 1. The first-order chi connectivity index (χ1) is 13.5. The number of piperidine rings is 1. The molecule has 3 aliphatic rings. The van der Waals surface area contributed by atoms with Crippen molar-refractivity contribution >= 4 is 24.1 Å². The molecule has 0 unspecified atom stereocenters. The van der Waals surface area contributed by atoms with Crippen LogP contribution < -0.4 is 0 Å². The number of rotatable bonds is 7. The van der Waals surface area contributed by atoms with E-state index in [0.29, 0.717) is 25.9 Å². The minimum Gasteiger partial charge on any atom is -0.357 e. The summed E-state index contributed by atoms with van der Waals surface area (Å²) in [7, 11) is 0. The number of carbonyl (C=O) groups is 2. The fourth-order valence-electron chi connectivity index (χ4n) is 4.62. The van der Waals surface area contributed by atoms with Gasteiger partial charge in [0.1, 0.15) is 11.4 Å². The van der Waals surface area contributed by atoms with Crippen molar-refractivity contribution in [3.05, 3.63) is 35.9 Å². The molecule has 2 aliphatic heterocycles. The maximum atomic E-state index is 12.8. The smallest absolute Gasteiger partial charge is 0.254 e. The number of benzene rings is 1. The number of ether oxygens (including phenoxy) is 1. The molecule has 2 spiro atoms. The molecule has 2 heterocycles. The number of morpholine rings is 1. The van der Waals surface area contributed by atoms with E-state index in [1.165, 1.54) is 5.56 Å². The van der Waals surface area contributed by atoms with Gasteiger partial charge in [-0.1, -0.05) is 37.3 Å². The first-order valence-electron chi connectivity index (χ1n) is 10.8. The summed E-state index contributed by atoms with van der Waals surface area (Å²) in [6, 6.07) is 10.6. The van der Waals surface area contributed by atoms with Crippen molar-refractivity contribution in [3.8, 4) is 0 Å². The minimum absolute atomic E-state index is 0. The summed E-state index contributed by atoms with van der Waals surface area (Å²) in [4.78, 5) is 29.1. The molecule has 6 heteroatoms. The molecule has 0 N–H and O–H groups in total. The summed E-state index contributed by atoms with van der Waals surface area (Å²) in [5.74, 6) is 0.349. The van der Waals surface area contributed by atoms with Gasteiger partial charge in [-0.2, -0.15) is 0 Å². The lowest BCUT2D eigenvalue weighted by molar-refractivity contribution is -0.200. The fourth-order valence-corrected chi connectivity index (χ4v) is 4.62. The maximum Gasteiger partial charge on any atom is 0.254 e. The third-order valence-electron chi connectivity index (χ3n) is 6.65. The minimum atomic E-state index is -0.570. The highest BCUT2D eigenvalue weighted by molar-refractivity contribution is 5.89. The first kappa shape index (κ1) is 22.3. The van der Waals surface area contributed by atoms with Gasteiger partial charge >= 0.3 is 0 Å². The number of hydrogen-bond donors (Lipinski definition) is 0. The highest BCUT2D eigenvalue weighted by Crippen LogP contribution is 2.49. The maximum absolute atomic E-state index is 12.8. The van der Waals surface area contributed by atoms with Crippen LogP contribution in [0.15, 0.2) is 30.3 Å². The Balaban J connectivity index is 0.00000240. The van der Waals surface area contributed by atoms with Gasteiger partial charge in [0, 0.05) is 45.6 Å². The molecule has 0 radical (unpaired) electrons. The zero-order chi connectivity index (χ0) is 19.6. The fraction of sp³-hybridized carbons (Fsp3) is 0.652. The second kappa shape index (κ2) is 9.15. The SMILES string of the molecule is CCC(=O)CCN1CC2(CCN(CCc3ccccc3)CC2)OC2(CC2)C1=O.Cl. The van der Waals surface area contributed by atoms with Crippen molar-refractivity contribution in [1.29, 1.82) is 0 Å². The topological polar surface area (TPSA) is 49.9 Å². The van der Waals surface area contributed by atoms with E-state index in [9.17, 15) is 9.59 Å². The van der Waals surface area contributed by atoms with Gasteiger partial charge in [-0.3, -0.25) is 9.59 Å². The number of Topliss-reactive ketones (excluding diaryl/α,β-unsaturated/α-hetero) is 1. The highest BCUT2D eigenvalue weighted by Gasteiger charge is 2.61. The van der Waals surface area contributed by atoms with Crippen molar-refractivity contribution in [2.24, 2.45) is 0 Å². The van der Waals surface area contributed by atoms with E-state index in [1.807, 2.05) is 11.8 Å². The summed E-state index contributed by atoms with van der Waals surface area (Å²) >= 11 is 0. The quantitative estimate of drug-likeness (QED) is 0.679. The van der Waals surface area contributed by atoms with Crippen molar-refractivity contribution in [3.63, 3.8) is 0 Å². The zero-order valence-corrected chi connectivity index (χ0v) is 18.2. The summed E-state index contributed by atoms with van der Waals surface area (Å²) in [6.07, 6.45) is 5.70. The predicted octanol–water partition coefficient (Wildman–Crippen LogP) is 3.25. The van der Waals surface area contributed by atoms with Crippen molar-refractivity contribution < 1.29 is 14.3 Å². The Bertz CT molecular complexity index is 712. The van der Waals surface area contributed by atoms with Crippen LogP contribution in [-0.2, 0) is 20.7 Å². The number of amides is 1. The Morgan fingerprint density at radius 2 is 1.76 bits per heavy atom. The van der Waals surface area contributed by atoms with Gasteiger partial charge in [-0.15, -0.1) is 12.4 Å². The summed E-state index contributed by atoms with van der Waals surface area (Å²) in [5, 5.41) is 0. The summed E-state index contributed by atoms with van der Waals surface area (Å²) in [6.45, 7) is 6.18. The van der Waals surface area contributed by atoms with Crippen LogP contribution in [0.5, 0.6) is 0 Å². The molecule has 4 rings (SSSR count). The average Bonchev–Trinajstić information content (AvgIpc) is 3.50. The Morgan fingerprint density at radius 3 is 2.38 bits per heavy atom. The number of carbonyl (C=O) groups excluding carboxylic acids is 2. The lowest BCUT2D eigenvalue weighted by Crippen LogP contribution is -2.63. The molecule has 1 aliphatic carbocycles. The van der Waals surface area contributed by atoms with Gasteiger partial charge in [0.2, 0.25) is 0 Å². The van der Waals surface area contributed by atoms with E-state index in [2.05, 4.69) is 35.2 Å². The van der Waals surface area contributed by atoms with Crippen LogP contribution in [0.3, 0.4) is 0 Å². The number of hydrogen-bond acceptors (Lipinski definition) is 4. The third-order valence-corrected chi connectivity index (χ3v) is 6.65. The molecule has 1 aromatic rings. The standard InChI is InChI=1S/C23H32N2O3.ClH/c1-2-20(26)9-15-25-18-22(28-23(10-11-23)21(25)27)12-16-24(17-13-22)14-8-19-6-4-3-5-7-19;/h3-7H,2,8-18H2,1H3;1H. The average molecular weight is 421 g/mol. The molecule has 3 fully saturated rings. The van der Waals surface area contributed by atoms with Crippen LogP contribution in [0.25, 0.3) is 0 Å². The van der Waals surface area contributed by atoms with Crippen LogP contribution in [0.4, 0.5) is 0 Å². The molecule has 1 aromatic carbocycles. The summed E-state index contributed by atoms with van der Waals surface area (Å²) < 4.78 is 6.50. The zero-order valence-electron chi connectivity index (χ0n) is 17.4. The van der Waals surface area contributed by atoms with Crippen LogP contribution >= 0.6 is 12.4 Å². The Morgan fingerprint density at radius 1 is 1.07 bits per heavy atom. The lowest BCUT2D eigenvalue weighted by Gasteiger charge is -2.50. The van der Waals surface area contributed by atoms with Gasteiger partial charge in [-0.25, -0.2) is 0 Å². The molecule has 0 aromatic heterocycles. The van der Waals surface area contributed by atoms with Gasteiger partial charge in [0.15, 0.2) is 0 Å². The van der Waals surface area contributed by atoms with Crippen LogP contribution in [0, 0.1) is 0 Å². The molecule has 160 valence electrons. The van der Waals surface area contributed by atoms with E-state index < -0.39 is 5.60 Å². The monoisotopic (exact) mass is 420 g/mol. The van der Waals surface area contributed by atoms with Gasteiger partial charge in [0.05, 0.1) is 5.60 Å². The molecule has 29 heavy (non-hydrogen) atoms. The molecular formula is C23H33ClN2O3. The third kappa shape index (κ3) is 5.01. The second-order valence-corrected chi connectivity index (χ2v) is 8.73. The van der Waals surface area contributed by atoms with Crippen LogP contribution in [0.2, 0.25) is 0 Å². The van der Waals surface area contributed by atoms with E-state index >= 15 is 0 Å². The Kier molecular flexibility index (Phi) is 7.02. The normalized spacial score (nSPS) is 22.5. The predicted molar refractivity (Wildman–Crippen MR) is 115 cm³/mol. The molecular weight excluding hydrogens is 388 g/mol. The lowest BCUT2D eigenvalue weighted by atomic mass is 9.87. The summed E-state index contributed by atoms with van der Waals surface area (Å²) in [5.41, 5.74) is 0.592. The van der Waals surface area contributed by atoms with Crippen LogP contribution in [0.1, 0.15) is 51.0 Å². The van der Waals surface area contributed by atoms with Crippen LogP contribution in [-0.4, -0.2) is 65.4 Å². The van der Waals surface area contributed by atoms with E-state index in [-0.39, 0.29) is 29.7 Å². The largest absolute Gasteiger partial charge is 0.357 e. The number of halogens is 1. The highest BCUT2D eigenvalue weighted by atomic mass is 35.5. The van der Waals surface area contributed by atoms with Gasteiger partial charge in [0.25, 0.3) is 5.91 Å². The van der Waals surface area contributed by atoms with Gasteiger partial charge < -0.3 is 14.5 Å². The number of ketones is 1. The van der Waals surface area contributed by atoms with E-state index in [0.717, 1.165) is 51.7 Å². The van der Waals surface area contributed by atoms with E-state index in [4.69, 9.17) is 4.74 Å². The number of nitrogens with zero attached hydrogens (tertiary/aromatic N) is 2. The molecule has 1 amide bonds. The Labute approximate surface area is 180 Å². The molecule has 5 nitrogen and oxygen atoms in total. The molecule has 1 saturated carbocycles. The van der Waals surface area contributed by atoms with Crippen molar-refractivity contribution in [2.45, 2.75) is 63.1 Å². The van der Waals surface area contributed by atoms with Gasteiger partial charge in [-0.05, 0) is 37.7 Å². The van der Waals surface area contributed by atoms with Crippen molar-refractivity contribution in [1.82, 2.24) is 9.80 Å². The molecule has 0 bridgehead atoms. The molecule has 0 atom stereocenters. The Hall–Kier alpha value is -1.43.